The fraction of sp³-hybridized carbons (Fsp3) is 0.158. The number of fused-ring (bicyclic) bond motifs is 1. The van der Waals surface area contributed by atoms with Gasteiger partial charge < -0.3 is 19.8 Å². The number of anilines is 1. The van der Waals surface area contributed by atoms with Crippen LogP contribution in [-0.4, -0.2) is 25.1 Å². The quantitative estimate of drug-likeness (QED) is 0.766. The first-order valence-corrected chi connectivity index (χ1v) is 7.69. The van der Waals surface area contributed by atoms with E-state index < -0.39 is 5.91 Å². The maximum atomic E-state index is 12.6. The highest BCUT2D eigenvalue weighted by Gasteiger charge is 2.14. The average Bonchev–Trinajstić information content (AvgIpc) is 2.62. The average molecular weight is 338 g/mol. The van der Waals surface area contributed by atoms with Crippen molar-refractivity contribution in [2.75, 3.05) is 19.5 Å². The standard InChI is InChI=1S/C19H18N2O4/c1-11-8-16(24-2)17(25-3)10-14(11)20-19(23)15-9-12-6-4-5-7-13(12)18(22)21-15/h4-10H,1-3H3,(H,20,23)(H,21,22). The normalized spacial score (nSPS) is 10.5. The predicted molar refractivity (Wildman–Crippen MR) is 96.8 cm³/mol. The van der Waals surface area contributed by atoms with Gasteiger partial charge in [0.2, 0.25) is 0 Å². The number of carbonyl (C=O) groups excluding carboxylic acids is 1. The molecule has 0 saturated heterocycles. The Morgan fingerprint density at radius 2 is 1.72 bits per heavy atom. The summed E-state index contributed by atoms with van der Waals surface area (Å²) in [6.45, 7) is 1.85. The van der Waals surface area contributed by atoms with Crippen molar-refractivity contribution < 1.29 is 14.3 Å². The van der Waals surface area contributed by atoms with Crippen LogP contribution in [0.4, 0.5) is 5.69 Å². The summed E-state index contributed by atoms with van der Waals surface area (Å²) in [5, 5.41) is 4.05. The molecular weight excluding hydrogens is 320 g/mol. The van der Waals surface area contributed by atoms with E-state index in [-0.39, 0.29) is 11.3 Å². The Bertz CT molecular complexity index is 1010. The highest BCUT2D eigenvalue weighted by molar-refractivity contribution is 6.05. The third-order valence-electron chi connectivity index (χ3n) is 3.98. The number of aromatic amines is 1. The number of hydrogen-bond acceptors (Lipinski definition) is 4. The molecule has 25 heavy (non-hydrogen) atoms. The van der Waals surface area contributed by atoms with E-state index in [1.165, 1.54) is 7.11 Å². The third kappa shape index (κ3) is 3.19. The molecule has 0 aliphatic rings. The summed E-state index contributed by atoms with van der Waals surface area (Å²) in [7, 11) is 3.08. The monoisotopic (exact) mass is 338 g/mol. The molecule has 2 N–H and O–H groups in total. The molecule has 0 saturated carbocycles. The Kier molecular flexibility index (Phi) is 4.43. The minimum Gasteiger partial charge on any atom is -0.493 e. The molecule has 0 aliphatic carbocycles. The van der Waals surface area contributed by atoms with Crippen LogP contribution in [0.1, 0.15) is 16.1 Å². The van der Waals surface area contributed by atoms with Crippen molar-refractivity contribution in [3.05, 3.63) is 64.1 Å². The number of amides is 1. The Morgan fingerprint density at radius 1 is 1.04 bits per heavy atom. The molecule has 1 aromatic heterocycles. The third-order valence-corrected chi connectivity index (χ3v) is 3.98. The van der Waals surface area contributed by atoms with Crippen LogP contribution in [-0.2, 0) is 0 Å². The van der Waals surface area contributed by atoms with Gasteiger partial charge in [-0.25, -0.2) is 0 Å². The molecule has 128 valence electrons. The number of ether oxygens (including phenoxy) is 2. The molecule has 0 bridgehead atoms. The lowest BCUT2D eigenvalue weighted by molar-refractivity contribution is 0.102. The largest absolute Gasteiger partial charge is 0.493 e. The Balaban J connectivity index is 1.96. The first kappa shape index (κ1) is 16.6. The molecule has 2 aromatic carbocycles. The molecule has 0 atom stereocenters. The van der Waals surface area contributed by atoms with Crippen LogP contribution < -0.4 is 20.3 Å². The Hall–Kier alpha value is -3.28. The SMILES string of the molecule is COc1cc(C)c(NC(=O)c2cc3ccccc3c(=O)[nH]2)cc1OC. The number of aromatic nitrogens is 1. The van der Waals surface area contributed by atoms with E-state index in [9.17, 15) is 9.59 Å². The summed E-state index contributed by atoms with van der Waals surface area (Å²) in [6.07, 6.45) is 0. The number of hydrogen-bond donors (Lipinski definition) is 2. The molecule has 0 radical (unpaired) electrons. The number of rotatable bonds is 4. The van der Waals surface area contributed by atoms with E-state index in [0.29, 0.717) is 28.0 Å². The van der Waals surface area contributed by atoms with Gasteiger partial charge in [0.25, 0.3) is 11.5 Å². The van der Waals surface area contributed by atoms with E-state index in [0.717, 1.165) is 5.56 Å². The minimum atomic E-state index is -0.404. The van der Waals surface area contributed by atoms with Crippen LogP contribution in [0.3, 0.4) is 0 Å². The van der Waals surface area contributed by atoms with Crippen molar-refractivity contribution >= 4 is 22.4 Å². The van der Waals surface area contributed by atoms with Gasteiger partial charge >= 0.3 is 0 Å². The zero-order chi connectivity index (χ0) is 18.0. The van der Waals surface area contributed by atoms with E-state index in [4.69, 9.17) is 9.47 Å². The highest BCUT2D eigenvalue weighted by atomic mass is 16.5. The first-order chi connectivity index (χ1) is 12.0. The number of pyridine rings is 1. The van der Waals surface area contributed by atoms with Crippen LogP contribution in [0, 0.1) is 6.92 Å². The minimum absolute atomic E-state index is 0.192. The van der Waals surface area contributed by atoms with Crippen molar-refractivity contribution in [3.63, 3.8) is 0 Å². The lowest BCUT2D eigenvalue weighted by atomic mass is 10.1. The molecule has 6 nitrogen and oxygen atoms in total. The zero-order valence-corrected chi connectivity index (χ0v) is 14.2. The summed E-state index contributed by atoms with van der Waals surface area (Å²) in [4.78, 5) is 27.3. The predicted octanol–water partition coefficient (Wildman–Crippen LogP) is 3.11. The second kappa shape index (κ2) is 6.68. The van der Waals surface area contributed by atoms with Gasteiger partial charge in [-0.05, 0) is 36.1 Å². The van der Waals surface area contributed by atoms with E-state index in [1.807, 2.05) is 13.0 Å². The maximum absolute atomic E-state index is 12.6. The summed E-state index contributed by atoms with van der Waals surface area (Å²) in [5.41, 5.74) is 1.29. The molecule has 0 spiro atoms. The van der Waals surface area contributed by atoms with Crippen molar-refractivity contribution in [2.45, 2.75) is 6.92 Å². The number of methoxy groups -OCH3 is 2. The highest BCUT2D eigenvalue weighted by Crippen LogP contribution is 2.33. The van der Waals surface area contributed by atoms with Crippen molar-refractivity contribution in [1.29, 1.82) is 0 Å². The molecule has 0 fully saturated rings. The van der Waals surface area contributed by atoms with Gasteiger partial charge in [-0.15, -0.1) is 0 Å². The van der Waals surface area contributed by atoms with Gasteiger partial charge in [0.1, 0.15) is 5.69 Å². The maximum Gasteiger partial charge on any atom is 0.272 e. The zero-order valence-electron chi connectivity index (χ0n) is 14.2. The number of H-pyrrole nitrogens is 1. The van der Waals surface area contributed by atoms with E-state index in [1.54, 1.807) is 43.5 Å². The topological polar surface area (TPSA) is 80.4 Å². The molecule has 1 amide bonds. The molecule has 0 aliphatic heterocycles. The fourth-order valence-electron chi connectivity index (χ4n) is 2.64. The van der Waals surface area contributed by atoms with Gasteiger partial charge in [-0.1, -0.05) is 18.2 Å². The first-order valence-electron chi connectivity index (χ1n) is 7.69. The lowest BCUT2D eigenvalue weighted by Crippen LogP contribution is -2.19. The second-order valence-electron chi connectivity index (χ2n) is 5.58. The van der Waals surface area contributed by atoms with Crippen molar-refractivity contribution in [2.24, 2.45) is 0 Å². The summed E-state index contributed by atoms with van der Waals surface area (Å²) in [6, 6.07) is 12.2. The van der Waals surface area contributed by atoms with Crippen molar-refractivity contribution in [3.8, 4) is 11.5 Å². The molecule has 1 heterocycles. The lowest BCUT2D eigenvalue weighted by Gasteiger charge is -2.13. The van der Waals surface area contributed by atoms with Crippen LogP contribution in [0.15, 0.2) is 47.3 Å². The summed E-state index contributed by atoms with van der Waals surface area (Å²) >= 11 is 0. The smallest absolute Gasteiger partial charge is 0.272 e. The fourth-order valence-corrected chi connectivity index (χ4v) is 2.64. The Morgan fingerprint density at radius 3 is 2.44 bits per heavy atom. The molecule has 3 rings (SSSR count). The number of carbonyl (C=O) groups is 1. The Labute approximate surface area is 144 Å². The van der Waals surface area contributed by atoms with Gasteiger partial charge in [-0.3, -0.25) is 9.59 Å². The van der Waals surface area contributed by atoms with Gasteiger partial charge in [0.05, 0.1) is 14.2 Å². The van der Waals surface area contributed by atoms with Gasteiger partial charge in [0.15, 0.2) is 11.5 Å². The van der Waals surface area contributed by atoms with E-state index in [2.05, 4.69) is 10.3 Å². The number of aryl methyl sites for hydroxylation is 1. The molecular formula is C19H18N2O4. The van der Waals surface area contributed by atoms with Gasteiger partial charge in [-0.2, -0.15) is 0 Å². The van der Waals surface area contributed by atoms with Crippen molar-refractivity contribution in [1.82, 2.24) is 4.98 Å². The van der Waals surface area contributed by atoms with Crippen LogP contribution >= 0.6 is 0 Å². The van der Waals surface area contributed by atoms with Crippen LogP contribution in [0.25, 0.3) is 10.8 Å². The number of nitrogens with one attached hydrogen (secondary N) is 2. The molecule has 6 heteroatoms. The number of benzene rings is 2. The second-order valence-corrected chi connectivity index (χ2v) is 5.58. The summed E-state index contributed by atoms with van der Waals surface area (Å²) < 4.78 is 10.5. The molecule has 3 aromatic rings. The van der Waals surface area contributed by atoms with Gasteiger partial charge in [0, 0.05) is 17.1 Å². The van der Waals surface area contributed by atoms with Crippen LogP contribution in [0.2, 0.25) is 0 Å². The molecule has 0 unspecified atom stereocenters. The summed E-state index contributed by atoms with van der Waals surface area (Å²) in [5.74, 6) is 0.686. The van der Waals surface area contributed by atoms with E-state index >= 15 is 0 Å². The van der Waals surface area contributed by atoms with Crippen LogP contribution in [0.5, 0.6) is 11.5 Å².